The van der Waals surface area contributed by atoms with E-state index in [0.29, 0.717) is 0 Å². The minimum Gasteiger partial charge on any atom is -0.480 e. The molecule has 0 spiro atoms. The summed E-state index contributed by atoms with van der Waals surface area (Å²) in [6.07, 6.45) is 0. The summed E-state index contributed by atoms with van der Waals surface area (Å²) >= 11 is 0. The van der Waals surface area contributed by atoms with Crippen LogP contribution < -0.4 is 5.32 Å². The summed E-state index contributed by atoms with van der Waals surface area (Å²) < 4.78 is 0. The molecule has 3 nitrogen and oxygen atoms in total. The van der Waals surface area contributed by atoms with Crippen molar-refractivity contribution in [2.45, 2.75) is 0 Å². The van der Waals surface area contributed by atoms with Crippen LogP contribution in [-0.2, 0) is 21.9 Å². The second-order valence-corrected chi connectivity index (χ2v) is 0.924. The number of carbonyl (C=O) groups is 1. The fourth-order valence-electron chi connectivity index (χ4n) is 0.151. The Balaban J connectivity index is 0. The molecule has 0 bridgehead atoms. The number of hydrogen-bond acceptors (Lipinski definition) is 2. The van der Waals surface area contributed by atoms with Crippen LogP contribution in [0.15, 0.2) is 0 Å². The first-order valence-electron chi connectivity index (χ1n) is 1.63. The van der Waals surface area contributed by atoms with Crippen LogP contribution in [0.2, 0.25) is 0 Å². The van der Waals surface area contributed by atoms with Crippen LogP contribution in [0.1, 0.15) is 0 Å². The second-order valence-electron chi connectivity index (χ2n) is 0.924. The maximum absolute atomic E-state index is 9.54. The molecule has 0 saturated carbocycles. The molecule has 0 atom stereocenters. The Labute approximate surface area is 52.6 Å². The predicted molar refractivity (Wildman–Crippen MR) is 21.6 cm³/mol. The van der Waals surface area contributed by atoms with E-state index in [1.165, 1.54) is 0 Å². The summed E-state index contributed by atoms with van der Waals surface area (Å²) in [4.78, 5) is 9.54. The molecule has 0 unspecified atom stereocenters. The Morgan fingerprint density at radius 3 is 2.29 bits per heavy atom. The smallest absolute Gasteiger partial charge is 0.317 e. The number of hydrogen-bond donors (Lipinski definition) is 2. The number of likely N-dealkylation sites (N-methyl/N-ethyl adjacent to an activating group) is 1. The molecule has 0 saturated heterocycles. The average molecular weight is 144 g/mol. The molecule has 0 fully saturated rings. The number of carboxylic acid groups (broad SMARTS) is 1. The molecule has 0 aliphatic rings. The van der Waals surface area contributed by atoms with E-state index in [4.69, 9.17) is 5.11 Å². The van der Waals surface area contributed by atoms with Gasteiger partial charge >= 0.3 is 5.97 Å². The zero-order chi connectivity index (χ0) is 4.99. The monoisotopic (exact) mass is 144 g/mol. The Bertz CT molecular complexity index is 56.9. The van der Waals surface area contributed by atoms with Gasteiger partial charge in [-0.15, -0.1) is 0 Å². The van der Waals surface area contributed by atoms with Gasteiger partial charge in [-0.25, -0.2) is 0 Å². The third-order valence-corrected chi connectivity index (χ3v) is 0.328. The van der Waals surface area contributed by atoms with E-state index < -0.39 is 5.97 Å². The molecule has 0 rings (SSSR count). The molecular weight excluding hydrogens is 137 g/mol. The molecule has 4 heteroatoms. The summed E-state index contributed by atoms with van der Waals surface area (Å²) in [5.41, 5.74) is 0. The molecule has 43 valence electrons. The maximum atomic E-state index is 9.54. The van der Waals surface area contributed by atoms with Crippen molar-refractivity contribution in [2.75, 3.05) is 13.6 Å². The number of aliphatic carboxylic acids is 1. The normalized spacial score (nSPS) is 7.00. The van der Waals surface area contributed by atoms with Crippen molar-refractivity contribution in [3.05, 3.63) is 0 Å². The molecule has 0 aromatic heterocycles. The number of rotatable bonds is 2. The van der Waals surface area contributed by atoms with Crippen molar-refractivity contribution in [3.8, 4) is 0 Å². The first-order chi connectivity index (χ1) is 2.77. The minimum absolute atomic E-state index is 0. The number of nitrogens with one attached hydrogen (secondary N) is 1. The summed E-state index contributed by atoms with van der Waals surface area (Å²) in [6, 6.07) is 0. The van der Waals surface area contributed by atoms with Crippen LogP contribution in [0, 0.1) is 0 Å². The van der Waals surface area contributed by atoms with Gasteiger partial charge in [0, 0.05) is 17.1 Å². The van der Waals surface area contributed by atoms with Gasteiger partial charge in [-0.3, -0.25) is 4.79 Å². The van der Waals surface area contributed by atoms with Gasteiger partial charge in [0.15, 0.2) is 0 Å². The minimum atomic E-state index is -0.822. The van der Waals surface area contributed by atoms with Crippen LogP contribution in [-0.4, -0.2) is 24.7 Å². The summed E-state index contributed by atoms with van der Waals surface area (Å²) in [5, 5.41) is 10.3. The molecular formula is C3H7MnNO2. The van der Waals surface area contributed by atoms with Crippen LogP contribution in [0.25, 0.3) is 0 Å². The van der Waals surface area contributed by atoms with Gasteiger partial charge in [0.05, 0.1) is 6.54 Å². The van der Waals surface area contributed by atoms with Gasteiger partial charge in [0.1, 0.15) is 0 Å². The first-order valence-corrected chi connectivity index (χ1v) is 1.63. The van der Waals surface area contributed by atoms with E-state index in [2.05, 4.69) is 5.32 Å². The zero-order valence-corrected chi connectivity index (χ0v) is 5.12. The number of carboxylic acids is 1. The Morgan fingerprint density at radius 1 is 1.86 bits per heavy atom. The molecule has 0 aliphatic heterocycles. The quantitative estimate of drug-likeness (QED) is 0.503. The van der Waals surface area contributed by atoms with Crippen molar-refractivity contribution in [3.63, 3.8) is 0 Å². The molecule has 0 heterocycles. The van der Waals surface area contributed by atoms with Gasteiger partial charge in [0.25, 0.3) is 0 Å². The van der Waals surface area contributed by atoms with E-state index in [1.54, 1.807) is 7.05 Å². The first kappa shape index (κ1) is 10.0. The molecule has 0 aromatic carbocycles. The summed E-state index contributed by atoms with van der Waals surface area (Å²) in [5.74, 6) is -0.822. The van der Waals surface area contributed by atoms with Crippen molar-refractivity contribution >= 4 is 5.97 Å². The van der Waals surface area contributed by atoms with Crippen molar-refractivity contribution in [2.24, 2.45) is 0 Å². The summed E-state index contributed by atoms with van der Waals surface area (Å²) in [7, 11) is 1.59. The van der Waals surface area contributed by atoms with Crippen LogP contribution >= 0.6 is 0 Å². The molecule has 0 amide bonds. The van der Waals surface area contributed by atoms with Gasteiger partial charge in [-0.2, -0.15) is 0 Å². The van der Waals surface area contributed by atoms with E-state index >= 15 is 0 Å². The standard InChI is InChI=1S/C3H7NO2.Mn/c1-4-2-3(5)6;/h4H,2H2,1H3,(H,5,6);. The molecule has 2 N–H and O–H groups in total. The Morgan fingerprint density at radius 2 is 2.29 bits per heavy atom. The summed E-state index contributed by atoms with van der Waals surface area (Å²) in [6.45, 7) is 0.0417. The van der Waals surface area contributed by atoms with E-state index in [9.17, 15) is 4.79 Å². The van der Waals surface area contributed by atoms with Gasteiger partial charge in [0.2, 0.25) is 0 Å². The van der Waals surface area contributed by atoms with Gasteiger partial charge in [-0.1, -0.05) is 0 Å². The third-order valence-electron chi connectivity index (χ3n) is 0.328. The van der Waals surface area contributed by atoms with Crippen LogP contribution in [0.5, 0.6) is 0 Å². The molecule has 7 heavy (non-hydrogen) atoms. The van der Waals surface area contributed by atoms with Gasteiger partial charge < -0.3 is 10.4 Å². The second kappa shape index (κ2) is 5.95. The largest absolute Gasteiger partial charge is 0.480 e. The SMILES string of the molecule is CNCC(=O)O.[Mn]. The van der Waals surface area contributed by atoms with E-state index in [1.807, 2.05) is 0 Å². The average Bonchev–Trinajstić information content (AvgIpc) is 1.35. The van der Waals surface area contributed by atoms with E-state index in [-0.39, 0.29) is 23.6 Å². The van der Waals surface area contributed by atoms with Crippen LogP contribution in [0.4, 0.5) is 0 Å². The fraction of sp³-hybridized carbons (Fsp3) is 0.667. The van der Waals surface area contributed by atoms with Crippen molar-refractivity contribution < 1.29 is 27.0 Å². The zero-order valence-electron chi connectivity index (χ0n) is 3.94. The maximum Gasteiger partial charge on any atom is 0.317 e. The topological polar surface area (TPSA) is 49.3 Å². The van der Waals surface area contributed by atoms with E-state index in [0.717, 1.165) is 0 Å². The Kier molecular flexibility index (Phi) is 8.53. The predicted octanol–water partition coefficient (Wildman–Crippen LogP) is -0.712. The van der Waals surface area contributed by atoms with Crippen molar-refractivity contribution in [1.29, 1.82) is 0 Å². The van der Waals surface area contributed by atoms with Gasteiger partial charge in [-0.05, 0) is 7.05 Å². The third kappa shape index (κ3) is 10.7. The fourth-order valence-corrected chi connectivity index (χ4v) is 0.151. The molecule has 0 aliphatic carbocycles. The van der Waals surface area contributed by atoms with Crippen LogP contribution in [0.3, 0.4) is 0 Å². The molecule has 1 radical (unpaired) electrons. The Hall–Kier alpha value is -0.0505. The van der Waals surface area contributed by atoms with Crippen molar-refractivity contribution in [1.82, 2.24) is 5.32 Å². The molecule has 0 aromatic rings.